The van der Waals surface area contributed by atoms with Crippen molar-refractivity contribution in [2.24, 2.45) is 0 Å². The van der Waals surface area contributed by atoms with Crippen molar-refractivity contribution in [3.05, 3.63) is 48.0 Å². The van der Waals surface area contributed by atoms with Crippen LogP contribution >= 0.6 is 0 Å². The molecule has 0 unspecified atom stereocenters. The second-order valence-corrected chi connectivity index (χ2v) is 5.32. The Morgan fingerprint density at radius 1 is 1.36 bits per heavy atom. The quantitative estimate of drug-likeness (QED) is 0.925. The third kappa shape index (κ3) is 3.00. The molecule has 6 nitrogen and oxygen atoms in total. The lowest BCUT2D eigenvalue weighted by atomic mass is 10.2. The van der Waals surface area contributed by atoms with Crippen LogP contribution in [0.4, 0.5) is 5.69 Å². The number of hydrogen-bond donors (Lipinski definition) is 1. The number of aromatic nitrogens is 2. The van der Waals surface area contributed by atoms with E-state index in [0.29, 0.717) is 13.1 Å². The average molecular weight is 298 g/mol. The molecule has 1 aliphatic heterocycles. The summed E-state index contributed by atoms with van der Waals surface area (Å²) in [5, 5.41) is 2.85. The molecule has 1 aromatic heterocycles. The fraction of sp³-hybridized carbons (Fsp3) is 0.312. The molecule has 0 saturated heterocycles. The van der Waals surface area contributed by atoms with Crippen LogP contribution in [0, 0.1) is 6.92 Å². The van der Waals surface area contributed by atoms with Gasteiger partial charge in [-0.3, -0.25) is 14.8 Å². The van der Waals surface area contributed by atoms with Crippen molar-refractivity contribution in [1.29, 1.82) is 0 Å². The summed E-state index contributed by atoms with van der Waals surface area (Å²) in [6.07, 6.45) is 2.82. The van der Waals surface area contributed by atoms with Crippen LogP contribution in [0.3, 0.4) is 0 Å². The molecular formula is C16H18N4O2. The minimum absolute atomic E-state index is 0.149. The van der Waals surface area contributed by atoms with Crippen molar-refractivity contribution in [3.8, 4) is 5.75 Å². The number of nitrogens with one attached hydrogen (secondary N) is 1. The molecule has 1 atom stereocenters. The maximum absolute atomic E-state index is 12.3. The van der Waals surface area contributed by atoms with Crippen molar-refractivity contribution < 1.29 is 9.53 Å². The van der Waals surface area contributed by atoms with Crippen molar-refractivity contribution in [3.63, 3.8) is 0 Å². The zero-order valence-corrected chi connectivity index (χ0v) is 12.6. The molecular weight excluding hydrogens is 280 g/mol. The van der Waals surface area contributed by atoms with E-state index in [4.69, 9.17) is 4.74 Å². The van der Waals surface area contributed by atoms with Gasteiger partial charge in [-0.25, -0.2) is 0 Å². The lowest BCUT2D eigenvalue weighted by Crippen LogP contribution is -2.47. The number of benzene rings is 1. The molecule has 0 spiro atoms. The number of carbonyl (C=O) groups excluding carboxylic acids is 1. The Hall–Kier alpha value is -2.63. The van der Waals surface area contributed by atoms with Crippen LogP contribution < -0.4 is 15.0 Å². The molecule has 1 N–H and O–H groups in total. The fourth-order valence-corrected chi connectivity index (χ4v) is 2.35. The van der Waals surface area contributed by atoms with Gasteiger partial charge in [-0.1, -0.05) is 12.1 Å². The van der Waals surface area contributed by atoms with Gasteiger partial charge in [0.2, 0.25) is 0 Å². The second kappa shape index (κ2) is 6.01. The molecule has 0 radical (unpaired) electrons. The van der Waals surface area contributed by atoms with Crippen molar-refractivity contribution in [2.75, 3.05) is 18.5 Å². The maximum Gasteiger partial charge on any atom is 0.263 e. The minimum atomic E-state index is -0.529. The highest BCUT2D eigenvalue weighted by Crippen LogP contribution is 2.31. The highest BCUT2D eigenvalue weighted by Gasteiger charge is 2.28. The number of para-hydroxylation sites is 2. The molecule has 0 fully saturated rings. The Morgan fingerprint density at radius 2 is 2.18 bits per heavy atom. The van der Waals surface area contributed by atoms with Gasteiger partial charge in [-0.15, -0.1) is 0 Å². The molecule has 114 valence electrons. The average Bonchev–Trinajstić information content (AvgIpc) is 2.54. The Labute approximate surface area is 129 Å². The Balaban J connectivity index is 1.63. The van der Waals surface area contributed by atoms with Gasteiger partial charge in [0.05, 0.1) is 36.4 Å². The van der Waals surface area contributed by atoms with Crippen molar-refractivity contribution >= 4 is 11.6 Å². The highest BCUT2D eigenvalue weighted by atomic mass is 16.5. The van der Waals surface area contributed by atoms with Gasteiger partial charge in [-0.05, 0) is 19.1 Å². The maximum atomic E-state index is 12.3. The minimum Gasteiger partial charge on any atom is -0.477 e. The van der Waals surface area contributed by atoms with Gasteiger partial charge < -0.3 is 15.0 Å². The predicted octanol–water partition coefficient (Wildman–Crippen LogP) is 1.30. The summed E-state index contributed by atoms with van der Waals surface area (Å²) in [7, 11) is 1.95. The van der Waals surface area contributed by atoms with Crippen LogP contribution in [0.15, 0.2) is 36.7 Å². The first kappa shape index (κ1) is 14.3. The van der Waals surface area contributed by atoms with E-state index in [2.05, 4.69) is 15.3 Å². The van der Waals surface area contributed by atoms with E-state index in [1.54, 1.807) is 12.4 Å². The van der Waals surface area contributed by atoms with Gasteiger partial charge in [0.25, 0.3) is 5.91 Å². The van der Waals surface area contributed by atoms with Crippen molar-refractivity contribution in [1.82, 2.24) is 15.3 Å². The molecule has 1 aromatic carbocycles. The molecule has 2 heterocycles. The first-order valence-electron chi connectivity index (χ1n) is 7.15. The fourth-order valence-electron chi connectivity index (χ4n) is 2.35. The number of hydrogen-bond acceptors (Lipinski definition) is 5. The van der Waals surface area contributed by atoms with E-state index < -0.39 is 6.10 Å². The number of ether oxygens (including phenoxy) is 1. The van der Waals surface area contributed by atoms with Crippen molar-refractivity contribution in [2.45, 2.75) is 19.6 Å². The number of fused-ring (bicyclic) bond motifs is 1. The van der Waals surface area contributed by atoms with E-state index in [-0.39, 0.29) is 5.91 Å². The summed E-state index contributed by atoms with van der Waals surface area (Å²) in [6.45, 7) is 2.73. The molecule has 0 bridgehead atoms. The topological polar surface area (TPSA) is 67.4 Å². The number of amides is 1. The zero-order valence-electron chi connectivity index (χ0n) is 12.6. The summed E-state index contributed by atoms with van der Waals surface area (Å²) in [5.74, 6) is 0.579. The Morgan fingerprint density at radius 3 is 2.95 bits per heavy atom. The lowest BCUT2D eigenvalue weighted by Gasteiger charge is -2.32. The van der Waals surface area contributed by atoms with Gasteiger partial charge in [0.1, 0.15) is 5.75 Å². The first-order chi connectivity index (χ1) is 10.6. The van der Waals surface area contributed by atoms with Crippen LogP contribution in [0.1, 0.15) is 11.4 Å². The van der Waals surface area contributed by atoms with Gasteiger partial charge in [0, 0.05) is 13.2 Å². The molecule has 3 rings (SSSR count). The van der Waals surface area contributed by atoms with E-state index >= 15 is 0 Å². The zero-order chi connectivity index (χ0) is 15.5. The molecule has 6 heteroatoms. The number of rotatable bonds is 3. The lowest BCUT2D eigenvalue weighted by molar-refractivity contribution is -0.128. The molecule has 1 amide bonds. The number of nitrogens with zero attached hydrogens (tertiary/aromatic N) is 3. The number of carbonyl (C=O) groups is 1. The van der Waals surface area contributed by atoms with Gasteiger partial charge in [0.15, 0.2) is 6.10 Å². The van der Waals surface area contributed by atoms with E-state index in [0.717, 1.165) is 22.8 Å². The molecule has 1 aliphatic rings. The van der Waals surface area contributed by atoms with Crippen LogP contribution in [0.2, 0.25) is 0 Å². The molecule has 22 heavy (non-hydrogen) atoms. The smallest absolute Gasteiger partial charge is 0.263 e. The molecule has 0 aliphatic carbocycles. The second-order valence-electron chi connectivity index (χ2n) is 5.32. The Kier molecular flexibility index (Phi) is 3.91. The SMILES string of the molecule is Cc1cnc(CNC(=O)[C@H]2CN(C)c3ccccc3O2)cn1. The number of anilines is 1. The number of likely N-dealkylation sites (N-methyl/N-ethyl adjacent to an activating group) is 1. The van der Waals surface area contributed by atoms with Gasteiger partial charge >= 0.3 is 0 Å². The van der Waals surface area contributed by atoms with Crippen LogP contribution in [-0.2, 0) is 11.3 Å². The Bertz CT molecular complexity index is 672. The number of aryl methyl sites for hydroxylation is 1. The monoisotopic (exact) mass is 298 g/mol. The first-order valence-corrected chi connectivity index (χ1v) is 7.15. The molecule has 0 saturated carbocycles. The third-order valence-corrected chi connectivity index (χ3v) is 3.56. The predicted molar refractivity (Wildman–Crippen MR) is 82.7 cm³/mol. The van der Waals surface area contributed by atoms with Crippen LogP contribution in [-0.4, -0.2) is 35.6 Å². The summed E-state index contributed by atoms with van der Waals surface area (Å²) in [5.41, 5.74) is 2.57. The summed E-state index contributed by atoms with van der Waals surface area (Å²) >= 11 is 0. The standard InChI is InChI=1S/C16H18N4O2/c1-11-7-18-12(8-17-11)9-19-16(21)15-10-20(2)13-5-3-4-6-14(13)22-15/h3-8,15H,9-10H2,1-2H3,(H,19,21)/t15-/m1/s1. The third-order valence-electron chi connectivity index (χ3n) is 3.56. The van der Waals surface area contributed by atoms with Crippen LogP contribution in [0.5, 0.6) is 5.75 Å². The summed E-state index contributed by atoms with van der Waals surface area (Å²) in [6, 6.07) is 7.70. The largest absolute Gasteiger partial charge is 0.477 e. The summed E-state index contributed by atoms with van der Waals surface area (Å²) < 4.78 is 5.78. The van der Waals surface area contributed by atoms with Gasteiger partial charge in [-0.2, -0.15) is 0 Å². The van der Waals surface area contributed by atoms with E-state index in [1.807, 2.05) is 43.1 Å². The summed E-state index contributed by atoms with van der Waals surface area (Å²) in [4.78, 5) is 22.7. The molecule has 2 aromatic rings. The van der Waals surface area contributed by atoms with E-state index in [1.165, 1.54) is 0 Å². The van der Waals surface area contributed by atoms with E-state index in [9.17, 15) is 4.79 Å². The van der Waals surface area contributed by atoms with Crippen LogP contribution in [0.25, 0.3) is 0 Å². The highest BCUT2D eigenvalue weighted by molar-refractivity contribution is 5.83. The normalized spacial score (nSPS) is 16.6.